The van der Waals surface area contributed by atoms with E-state index in [0.29, 0.717) is 15.7 Å². The Morgan fingerprint density at radius 3 is 2.59 bits per heavy atom. The first-order valence-electron chi connectivity index (χ1n) is 4.93. The minimum atomic E-state index is -3.60. The Morgan fingerprint density at radius 1 is 1.47 bits per heavy atom. The lowest BCUT2D eigenvalue weighted by Gasteiger charge is -2.18. The average molecular weight is 323 g/mol. The molecule has 1 aromatic carbocycles. The quantitative estimate of drug-likeness (QED) is 0.808. The van der Waals surface area contributed by atoms with Crippen molar-refractivity contribution in [1.29, 1.82) is 0 Å². The third-order valence-electron chi connectivity index (χ3n) is 2.40. The Balaban J connectivity index is 3.29. The summed E-state index contributed by atoms with van der Waals surface area (Å²) in [5.41, 5.74) is 6.66. The van der Waals surface area contributed by atoms with Crippen molar-refractivity contribution in [3.05, 3.63) is 22.2 Å². The second-order valence-corrected chi connectivity index (χ2v) is 6.56. The number of likely N-dealkylation sites (N-methyl/N-ethyl adjacent to an activating group) is 1. The predicted molar refractivity (Wildman–Crippen MR) is 70.2 cm³/mol. The molecule has 0 atom stereocenters. The van der Waals surface area contributed by atoms with Crippen molar-refractivity contribution >= 4 is 31.6 Å². The van der Waals surface area contributed by atoms with Crippen LogP contribution in [0.4, 0.5) is 5.69 Å². The number of aliphatic hydroxyl groups excluding tert-OH is 1. The van der Waals surface area contributed by atoms with Gasteiger partial charge in [0.05, 0.1) is 11.5 Å². The molecule has 0 heterocycles. The maximum atomic E-state index is 12.2. The number of sulfonamides is 1. The number of hydrogen-bond acceptors (Lipinski definition) is 4. The van der Waals surface area contributed by atoms with E-state index in [1.807, 2.05) is 0 Å². The number of rotatable bonds is 4. The van der Waals surface area contributed by atoms with Crippen LogP contribution in [0.15, 0.2) is 21.5 Å². The summed E-state index contributed by atoms with van der Waals surface area (Å²) >= 11 is 3.24. The van der Waals surface area contributed by atoms with Crippen LogP contribution in [0.5, 0.6) is 0 Å². The van der Waals surface area contributed by atoms with Crippen molar-refractivity contribution in [2.24, 2.45) is 0 Å². The van der Waals surface area contributed by atoms with E-state index in [4.69, 9.17) is 10.8 Å². The maximum absolute atomic E-state index is 12.2. The van der Waals surface area contributed by atoms with Gasteiger partial charge in [-0.1, -0.05) is 0 Å². The SMILES string of the molecule is Cc1cc(Br)c(N)cc1S(=O)(=O)N(C)CCO. The van der Waals surface area contributed by atoms with Gasteiger partial charge in [-0.05, 0) is 40.5 Å². The lowest BCUT2D eigenvalue weighted by atomic mass is 10.2. The number of halogens is 1. The molecule has 0 unspecified atom stereocenters. The second-order valence-electron chi connectivity index (χ2n) is 3.69. The molecule has 0 radical (unpaired) electrons. The van der Waals surface area contributed by atoms with E-state index >= 15 is 0 Å². The number of nitrogens with zero attached hydrogens (tertiary/aromatic N) is 1. The first-order valence-corrected chi connectivity index (χ1v) is 7.17. The van der Waals surface area contributed by atoms with Gasteiger partial charge in [0.1, 0.15) is 0 Å². The highest BCUT2D eigenvalue weighted by Gasteiger charge is 2.23. The molecule has 96 valence electrons. The third-order valence-corrected chi connectivity index (χ3v) is 5.08. The first kappa shape index (κ1) is 14.4. The van der Waals surface area contributed by atoms with Gasteiger partial charge in [-0.25, -0.2) is 8.42 Å². The normalized spacial score (nSPS) is 12.1. The topological polar surface area (TPSA) is 83.6 Å². The lowest BCUT2D eigenvalue weighted by Crippen LogP contribution is -2.30. The number of nitrogen functional groups attached to an aromatic ring is 1. The van der Waals surface area contributed by atoms with Gasteiger partial charge in [0.2, 0.25) is 10.0 Å². The zero-order valence-corrected chi connectivity index (χ0v) is 12.0. The zero-order valence-electron chi connectivity index (χ0n) is 9.64. The molecule has 17 heavy (non-hydrogen) atoms. The molecule has 5 nitrogen and oxygen atoms in total. The molecule has 0 aromatic heterocycles. The van der Waals surface area contributed by atoms with Crippen LogP contribution in [-0.4, -0.2) is 38.0 Å². The molecule has 0 spiro atoms. The molecule has 0 amide bonds. The molecule has 7 heteroatoms. The third kappa shape index (κ3) is 2.98. The summed E-state index contributed by atoms with van der Waals surface area (Å²) in [5.74, 6) is 0. The molecule has 0 saturated heterocycles. The van der Waals surface area contributed by atoms with Gasteiger partial charge in [0.15, 0.2) is 0 Å². The molecule has 0 aliphatic heterocycles. The zero-order chi connectivity index (χ0) is 13.2. The minimum Gasteiger partial charge on any atom is -0.398 e. The van der Waals surface area contributed by atoms with Gasteiger partial charge >= 0.3 is 0 Å². The summed E-state index contributed by atoms with van der Waals surface area (Å²) in [5, 5.41) is 8.78. The number of nitrogens with two attached hydrogens (primary N) is 1. The standard InChI is InChI=1S/C10H15BrN2O3S/c1-7-5-8(11)9(12)6-10(7)17(15,16)13(2)3-4-14/h5-6,14H,3-4,12H2,1-2H3. The molecule has 0 aliphatic carbocycles. The van der Waals surface area contributed by atoms with Crippen LogP contribution in [0, 0.1) is 6.92 Å². The fourth-order valence-corrected chi connectivity index (χ4v) is 3.23. The second kappa shape index (κ2) is 5.34. The van der Waals surface area contributed by atoms with E-state index in [1.54, 1.807) is 13.0 Å². The van der Waals surface area contributed by atoms with E-state index in [-0.39, 0.29) is 18.0 Å². The Bertz CT molecular complexity index is 517. The molecule has 3 N–H and O–H groups in total. The Kier molecular flexibility index (Phi) is 4.54. The van der Waals surface area contributed by atoms with Crippen LogP contribution in [0.25, 0.3) is 0 Å². The predicted octanol–water partition coefficient (Wildman–Crippen LogP) is 0.953. The molecule has 0 aliphatic rings. The van der Waals surface area contributed by atoms with Gasteiger partial charge in [-0.2, -0.15) is 4.31 Å². The Labute approximate surface area is 109 Å². The van der Waals surface area contributed by atoms with Gasteiger partial charge in [0.25, 0.3) is 0 Å². The number of aryl methyl sites for hydroxylation is 1. The maximum Gasteiger partial charge on any atom is 0.243 e. The van der Waals surface area contributed by atoms with Crippen molar-refractivity contribution in [2.45, 2.75) is 11.8 Å². The van der Waals surface area contributed by atoms with Crippen LogP contribution in [0.2, 0.25) is 0 Å². The van der Waals surface area contributed by atoms with Crippen molar-refractivity contribution < 1.29 is 13.5 Å². The van der Waals surface area contributed by atoms with E-state index in [1.165, 1.54) is 13.1 Å². The largest absolute Gasteiger partial charge is 0.398 e. The molecule has 1 aromatic rings. The van der Waals surface area contributed by atoms with Crippen LogP contribution in [-0.2, 0) is 10.0 Å². The highest BCUT2D eigenvalue weighted by atomic mass is 79.9. The van der Waals surface area contributed by atoms with Crippen LogP contribution in [0.1, 0.15) is 5.56 Å². The average Bonchev–Trinajstić information content (AvgIpc) is 2.23. The first-order chi connectivity index (χ1) is 7.80. The number of anilines is 1. The summed E-state index contributed by atoms with van der Waals surface area (Å²) in [7, 11) is -2.18. The van der Waals surface area contributed by atoms with Gasteiger partial charge in [-0.15, -0.1) is 0 Å². The summed E-state index contributed by atoms with van der Waals surface area (Å²) in [6, 6.07) is 3.08. The van der Waals surface area contributed by atoms with Gasteiger partial charge in [-0.3, -0.25) is 0 Å². The van der Waals surface area contributed by atoms with E-state index < -0.39 is 10.0 Å². The highest BCUT2D eigenvalue weighted by molar-refractivity contribution is 9.10. The van der Waals surface area contributed by atoms with E-state index in [9.17, 15) is 8.42 Å². The molecule has 0 bridgehead atoms. The van der Waals surface area contributed by atoms with Gasteiger partial charge in [0, 0.05) is 23.8 Å². The molecule has 0 fully saturated rings. The molecular formula is C10H15BrN2O3S. The fourth-order valence-electron chi connectivity index (χ4n) is 1.38. The minimum absolute atomic E-state index is 0.0533. The summed E-state index contributed by atoms with van der Waals surface area (Å²) in [6.07, 6.45) is 0. The van der Waals surface area contributed by atoms with Gasteiger partial charge < -0.3 is 10.8 Å². The smallest absolute Gasteiger partial charge is 0.243 e. The Morgan fingerprint density at radius 2 is 2.06 bits per heavy atom. The van der Waals surface area contributed by atoms with E-state index in [2.05, 4.69) is 15.9 Å². The lowest BCUT2D eigenvalue weighted by molar-refractivity contribution is 0.266. The van der Waals surface area contributed by atoms with Crippen LogP contribution in [0.3, 0.4) is 0 Å². The summed E-state index contributed by atoms with van der Waals surface area (Å²) in [4.78, 5) is 0.161. The molecular weight excluding hydrogens is 308 g/mol. The number of benzene rings is 1. The van der Waals surface area contributed by atoms with Crippen molar-refractivity contribution in [2.75, 3.05) is 25.9 Å². The molecule has 0 saturated carbocycles. The van der Waals surface area contributed by atoms with Crippen LogP contribution < -0.4 is 5.73 Å². The molecule has 1 rings (SSSR count). The fraction of sp³-hybridized carbons (Fsp3) is 0.400. The van der Waals surface area contributed by atoms with Crippen molar-refractivity contribution in [1.82, 2.24) is 4.31 Å². The summed E-state index contributed by atoms with van der Waals surface area (Å²) < 4.78 is 26.1. The Hall–Kier alpha value is -0.630. The monoisotopic (exact) mass is 322 g/mol. The van der Waals surface area contributed by atoms with Crippen molar-refractivity contribution in [3.8, 4) is 0 Å². The van der Waals surface area contributed by atoms with E-state index in [0.717, 1.165) is 4.31 Å². The number of hydrogen-bond donors (Lipinski definition) is 2. The highest BCUT2D eigenvalue weighted by Crippen LogP contribution is 2.27. The van der Waals surface area contributed by atoms with Crippen molar-refractivity contribution in [3.63, 3.8) is 0 Å². The summed E-state index contributed by atoms with van der Waals surface area (Å²) in [6.45, 7) is 1.53. The number of aliphatic hydroxyl groups is 1. The van der Waals surface area contributed by atoms with Crippen LogP contribution >= 0.6 is 15.9 Å².